The molecule has 6 nitrogen and oxygen atoms in total. The van der Waals surface area contributed by atoms with Crippen molar-refractivity contribution in [3.63, 3.8) is 0 Å². The van der Waals surface area contributed by atoms with Gasteiger partial charge in [0.25, 0.3) is 11.6 Å². The monoisotopic (exact) mass is 280 g/mol. The van der Waals surface area contributed by atoms with Gasteiger partial charge in [0, 0.05) is 22.9 Å². The van der Waals surface area contributed by atoms with Gasteiger partial charge in [-0.05, 0) is 19.4 Å². The molecule has 0 saturated carbocycles. The molecule has 0 aromatic heterocycles. The highest BCUT2D eigenvalue weighted by molar-refractivity contribution is 8.14. The zero-order chi connectivity index (χ0) is 14.0. The lowest BCUT2D eigenvalue weighted by Gasteiger charge is -2.10. The van der Waals surface area contributed by atoms with Crippen molar-refractivity contribution in [3.8, 4) is 0 Å². The van der Waals surface area contributed by atoms with E-state index in [4.69, 9.17) is 0 Å². The van der Waals surface area contributed by atoms with Crippen LogP contribution in [0.3, 0.4) is 0 Å². The quantitative estimate of drug-likeness (QED) is 0.672. The van der Waals surface area contributed by atoms with Crippen LogP contribution in [0.5, 0.6) is 0 Å². The Labute approximate surface area is 113 Å². The lowest BCUT2D eigenvalue weighted by atomic mass is 10.1. The van der Waals surface area contributed by atoms with Gasteiger partial charge in [-0.1, -0.05) is 17.8 Å². The van der Waals surface area contributed by atoms with Crippen LogP contribution in [0.4, 0.5) is 5.69 Å². The van der Waals surface area contributed by atoms with Gasteiger partial charge in [-0.2, -0.15) is 0 Å². The fraction of sp³-hybridized carbons (Fsp3) is 0.333. The molecule has 1 atom stereocenters. The Hall–Kier alpha value is -1.89. The highest BCUT2D eigenvalue weighted by Crippen LogP contribution is 2.22. The maximum absolute atomic E-state index is 11.9. The largest absolute Gasteiger partial charge is 0.341 e. The number of nitro benzene ring substituents is 1. The van der Waals surface area contributed by atoms with Crippen molar-refractivity contribution < 1.29 is 14.5 Å². The summed E-state index contributed by atoms with van der Waals surface area (Å²) in [4.78, 5) is 33.6. The SMILES string of the molecule is Cc1ccc(C(=O)NC2CCSC2=O)cc1[N+](=O)[O-]. The number of aryl methyl sites for hydroxylation is 1. The number of hydrogen-bond acceptors (Lipinski definition) is 5. The highest BCUT2D eigenvalue weighted by atomic mass is 32.2. The Morgan fingerprint density at radius 2 is 2.26 bits per heavy atom. The van der Waals surface area contributed by atoms with Gasteiger partial charge in [-0.3, -0.25) is 19.7 Å². The fourth-order valence-corrected chi connectivity index (χ4v) is 2.75. The smallest absolute Gasteiger partial charge is 0.273 e. The summed E-state index contributed by atoms with van der Waals surface area (Å²) in [5.41, 5.74) is 0.593. The van der Waals surface area contributed by atoms with Crippen LogP contribution >= 0.6 is 11.8 Å². The average Bonchev–Trinajstić information content (AvgIpc) is 2.75. The van der Waals surface area contributed by atoms with Crippen LogP contribution in [0.15, 0.2) is 18.2 Å². The van der Waals surface area contributed by atoms with Gasteiger partial charge in [0.1, 0.15) is 0 Å². The third-order valence-electron chi connectivity index (χ3n) is 2.91. The number of nitro groups is 1. The standard InChI is InChI=1S/C12H12N2O4S/c1-7-2-3-8(6-10(7)14(17)18)11(15)13-9-4-5-19-12(9)16/h2-3,6,9H,4-5H2,1H3,(H,13,15). The van der Waals surface area contributed by atoms with Crippen molar-refractivity contribution in [2.75, 3.05) is 5.75 Å². The fourth-order valence-electron chi connectivity index (χ4n) is 1.82. The molecule has 1 amide bonds. The molecular weight excluding hydrogens is 268 g/mol. The van der Waals surface area contributed by atoms with Gasteiger partial charge in [-0.25, -0.2) is 0 Å². The van der Waals surface area contributed by atoms with E-state index < -0.39 is 16.9 Å². The summed E-state index contributed by atoms with van der Waals surface area (Å²) in [6.07, 6.45) is 0.600. The lowest BCUT2D eigenvalue weighted by molar-refractivity contribution is -0.385. The minimum Gasteiger partial charge on any atom is -0.341 e. The first kappa shape index (κ1) is 13.5. The minimum atomic E-state index is -0.525. The van der Waals surface area contributed by atoms with Crippen LogP contribution in [-0.2, 0) is 4.79 Å². The maximum Gasteiger partial charge on any atom is 0.273 e. The molecule has 1 heterocycles. The van der Waals surface area contributed by atoms with Gasteiger partial charge in [0.05, 0.1) is 11.0 Å². The molecule has 0 bridgehead atoms. The van der Waals surface area contributed by atoms with Crippen molar-refractivity contribution in [2.45, 2.75) is 19.4 Å². The molecule has 1 aromatic carbocycles. The molecule has 1 aliphatic rings. The number of benzene rings is 1. The molecule has 1 aromatic rings. The molecule has 7 heteroatoms. The number of carbonyl (C=O) groups is 2. The van der Waals surface area contributed by atoms with E-state index in [1.54, 1.807) is 6.92 Å². The van der Waals surface area contributed by atoms with Crippen LogP contribution in [-0.4, -0.2) is 27.7 Å². The van der Waals surface area contributed by atoms with Crippen molar-refractivity contribution in [3.05, 3.63) is 39.4 Å². The molecule has 2 rings (SSSR count). The maximum atomic E-state index is 11.9. The molecule has 1 N–H and O–H groups in total. The Kier molecular flexibility index (Phi) is 3.84. The second kappa shape index (κ2) is 5.40. The van der Waals surface area contributed by atoms with E-state index in [1.165, 1.54) is 30.0 Å². The first-order valence-electron chi connectivity index (χ1n) is 5.71. The molecule has 0 spiro atoms. The predicted octanol–water partition coefficient (Wildman–Crippen LogP) is 1.67. The zero-order valence-corrected chi connectivity index (χ0v) is 11.0. The molecule has 100 valence electrons. The van der Waals surface area contributed by atoms with Crippen LogP contribution in [0.2, 0.25) is 0 Å². The Morgan fingerprint density at radius 1 is 1.53 bits per heavy atom. The Bertz CT molecular complexity index is 559. The van der Waals surface area contributed by atoms with Gasteiger partial charge in [-0.15, -0.1) is 0 Å². The number of rotatable bonds is 3. The van der Waals surface area contributed by atoms with Crippen molar-refractivity contribution >= 4 is 28.5 Å². The first-order chi connectivity index (χ1) is 8.99. The van der Waals surface area contributed by atoms with Crippen LogP contribution in [0, 0.1) is 17.0 Å². The van der Waals surface area contributed by atoms with Crippen LogP contribution in [0.1, 0.15) is 22.3 Å². The predicted molar refractivity (Wildman–Crippen MR) is 71.2 cm³/mol. The summed E-state index contributed by atoms with van der Waals surface area (Å²) >= 11 is 1.19. The Balaban J connectivity index is 2.17. The summed E-state index contributed by atoms with van der Waals surface area (Å²) in [5.74, 6) is 0.238. The van der Waals surface area contributed by atoms with Gasteiger partial charge >= 0.3 is 0 Å². The zero-order valence-electron chi connectivity index (χ0n) is 10.2. The van der Waals surface area contributed by atoms with E-state index >= 15 is 0 Å². The molecule has 1 saturated heterocycles. The normalized spacial score (nSPS) is 18.4. The molecule has 0 radical (unpaired) electrons. The van der Waals surface area contributed by atoms with Crippen LogP contribution in [0.25, 0.3) is 0 Å². The molecular formula is C12H12N2O4S. The van der Waals surface area contributed by atoms with Gasteiger partial charge < -0.3 is 5.32 Å². The summed E-state index contributed by atoms with van der Waals surface area (Å²) in [5, 5.41) is 13.3. The van der Waals surface area contributed by atoms with E-state index in [-0.39, 0.29) is 16.4 Å². The summed E-state index contributed by atoms with van der Waals surface area (Å²) in [6.45, 7) is 1.61. The molecule has 1 aliphatic heterocycles. The lowest BCUT2D eigenvalue weighted by Crippen LogP contribution is -2.37. The number of hydrogen-bond donors (Lipinski definition) is 1. The van der Waals surface area contributed by atoms with Gasteiger partial charge in [0.2, 0.25) is 5.12 Å². The van der Waals surface area contributed by atoms with E-state index in [1.807, 2.05) is 0 Å². The van der Waals surface area contributed by atoms with Crippen molar-refractivity contribution in [1.29, 1.82) is 0 Å². The number of thioether (sulfide) groups is 1. The third kappa shape index (κ3) is 2.93. The number of nitrogens with one attached hydrogen (secondary N) is 1. The van der Waals surface area contributed by atoms with E-state index in [0.29, 0.717) is 17.7 Å². The molecule has 1 unspecified atom stereocenters. The number of amides is 1. The minimum absolute atomic E-state index is 0.0602. The third-order valence-corrected chi connectivity index (χ3v) is 3.92. The van der Waals surface area contributed by atoms with E-state index in [0.717, 1.165) is 0 Å². The molecule has 19 heavy (non-hydrogen) atoms. The second-order valence-corrected chi connectivity index (χ2v) is 5.34. The topological polar surface area (TPSA) is 89.3 Å². The summed E-state index contributed by atoms with van der Waals surface area (Å²) < 4.78 is 0. The average molecular weight is 280 g/mol. The molecule has 0 aliphatic carbocycles. The first-order valence-corrected chi connectivity index (χ1v) is 6.70. The van der Waals surface area contributed by atoms with Crippen LogP contribution < -0.4 is 5.32 Å². The van der Waals surface area contributed by atoms with Crippen molar-refractivity contribution in [2.24, 2.45) is 0 Å². The van der Waals surface area contributed by atoms with Crippen molar-refractivity contribution in [1.82, 2.24) is 5.32 Å². The number of carbonyl (C=O) groups excluding carboxylic acids is 2. The van der Waals surface area contributed by atoms with E-state index in [9.17, 15) is 19.7 Å². The summed E-state index contributed by atoms with van der Waals surface area (Å²) in [7, 11) is 0. The summed E-state index contributed by atoms with van der Waals surface area (Å²) in [6, 6.07) is 3.79. The Morgan fingerprint density at radius 3 is 2.84 bits per heavy atom. The van der Waals surface area contributed by atoms with E-state index in [2.05, 4.69) is 5.32 Å². The number of nitrogens with zero attached hydrogens (tertiary/aromatic N) is 1. The highest BCUT2D eigenvalue weighted by Gasteiger charge is 2.27. The van der Waals surface area contributed by atoms with Gasteiger partial charge in [0.15, 0.2) is 0 Å². The molecule has 1 fully saturated rings. The second-order valence-electron chi connectivity index (χ2n) is 4.24.